The monoisotopic (exact) mass is 882 g/mol. The van der Waals surface area contributed by atoms with Crippen molar-refractivity contribution in [1.82, 2.24) is 19.5 Å². The molecule has 16 heteroatoms. The van der Waals surface area contributed by atoms with Gasteiger partial charge in [-0.05, 0) is 12.8 Å². The third kappa shape index (κ3) is 22.5. The van der Waals surface area contributed by atoms with Crippen molar-refractivity contribution in [2.45, 2.75) is 225 Å². The van der Waals surface area contributed by atoms with Crippen molar-refractivity contribution >= 4 is 36.7 Å². The average molecular weight is 882 g/mol. The topological polar surface area (TPSA) is 207 Å². The molecule has 1 fully saturated rings. The van der Waals surface area contributed by atoms with Crippen LogP contribution in [0.25, 0.3) is 11.2 Å². The number of carbonyl (C=O) groups excluding carboxylic acids is 2. The maximum Gasteiger partial charge on any atom is 0.472 e. The second kappa shape index (κ2) is 32.0. The van der Waals surface area contributed by atoms with Crippen molar-refractivity contribution in [2.24, 2.45) is 0 Å². The summed E-state index contributed by atoms with van der Waals surface area (Å²) in [5.41, 5.74) is 6.57. The van der Waals surface area contributed by atoms with E-state index in [9.17, 15) is 24.2 Å². The van der Waals surface area contributed by atoms with Gasteiger partial charge in [-0.25, -0.2) is 19.5 Å². The van der Waals surface area contributed by atoms with Gasteiger partial charge in [-0.2, -0.15) is 0 Å². The number of rotatable bonds is 38. The number of esters is 2. The molecule has 0 saturated carbocycles. The molecule has 0 aromatic carbocycles. The van der Waals surface area contributed by atoms with E-state index in [2.05, 4.69) is 28.8 Å². The number of imidazole rings is 1. The first-order chi connectivity index (χ1) is 29.7. The number of carbonyl (C=O) groups is 2. The number of aromatic nitrogens is 4. The number of phosphoric acid groups is 1. The third-order valence-electron chi connectivity index (χ3n) is 11.4. The molecular formula is C45H80N5O10P. The minimum atomic E-state index is -4.81. The zero-order valence-corrected chi connectivity index (χ0v) is 38.5. The van der Waals surface area contributed by atoms with E-state index in [1.54, 1.807) is 0 Å². The van der Waals surface area contributed by atoms with Gasteiger partial charge in [-0.1, -0.05) is 168 Å². The first kappa shape index (κ1) is 52.7. The molecule has 0 amide bonds. The normalized spacial score (nSPS) is 18.1. The minimum absolute atomic E-state index is 0.0592. The number of ether oxygens (including phenoxy) is 3. The van der Waals surface area contributed by atoms with E-state index >= 15 is 0 Å². The Balaban J connectivity index is 1.44. The number of hydrogen-bond acceptors (Lipinski definition) is 13. The summed E-state index contributed by atoms with van der Waals surface area (Å²) in [4.78, 5) is 48.9. The highest BCUT2D eigenvalue weighted by atomic mass is 31.2. The number of anilines is 1. The van der Waals surface area contributed by atoms with E-state index in [0.717, 1.165) is 38.5 Å². The number of fused-ring (bicyclic) bond motifs is 1. The summed E-state index contributed by atoms with van der Waals surface area (Å²) in [5, 5.41) is 9.84. The summed E-state index contributed by atoms with van der Waals surface area (Å²) in [6.07, 6.45) is 30.1. The number of nitrogen functional groups attached to an aromatic ring is 1. The molecule has 2 aromatic heterocycles. The molecule has 1 aliphatic rings. The van der Waals surface area contributed by atoms with Crippen molar-refractivity contribution in [3.8, 4) is 0 Å². The number of aliphatic hydroxyl groups excluding tert-OH is 1. The fourth-order valence-electron chi connectivity index (χ4n) is 7.80. The lowest BCUT2D eigenvalue weighted by Crippen LogP contribution is -2.30. The fourth-order valence-corrected chi connectivity index (χ4v) is 8.75. The Hall–Kier alpha value is -2.68. The van der Waals surface area contributed by atoms with Crippen LogP contribution in [0, 0.1) is 0 Å². The van der Waals surface area contributed by atoms with Crippen LogP contribution in [-0.4, -0.2) is 79.6 Å². The molecule has 350 valence electrons. The SMILES string of the molecule is CCCCCCCCCCCCCCCC(=O)OC[C@H](COP(=O)(O)O[C@@H]1C[C@@H](CO)O[C@H]1n1cnc2c(N)ncnc21)OC(=O)CCCCCCCCCCCCCCC. The molecule has 3 rings (SSSR count). The lowest BCUT2D eigenvalue weighted by Gasteiger charge is -2.24. The molecule has 0 aliphatic carbocycles. The van der Waals surface area contributed by atoms with E-state index in [-0.39, 0.29) is 38.3 Å². The van der Waals surface area contributed by atoms with Gasteiger partial charge >= 0.3 is 19.8 Å². The molecule has 1 unspecified atom stereocenters. The van der Waals surface area contributed by atoms with Crippen LogP contribution in [-0.2, 0) is 37.4 Å². The summed E-state index contributed by atoms with van der Waals surface area (Å²) in [6, 6.07) is 0. The quantitative estimate of drug-likeness (QED) is 0.0326. The third-order valence-corrected chi connectivity index (χ3v) is 12.4. The second-order valence-electron chi connectivity index (χ2n) is 16.8. The Labute approximate surface area is 365 Å². The first-order valence-electron chi connectivity index (χ1n) is 23.9. The highest BCUT2D eigenvalue weighted by Crippen LogP contribution is 2.49. The highest BCUT2D eigenvalue weighted by molar-refractivity contribution is 7.47. The molecule has 15 nitrogen and oxygen atoms in total. The zero-order valence-electron chi connectivity index (χ0n) is 37.6. The molecule has 5 atom stereocenters. The van der Waals surface area contributed by atoms with Crippen molar-refractivity contribution in [3.63, 3.8) is 0 Å². The molecule has 1 aliphatic heterocycles. The summed E-state index contributed by atoms with van der Waals surface area (Å²) >= 11 is 0. The van der Waals surface area contributed by atoms with Crippen molar-refractivity contribution < 1.29 is 47.4 Å². The second-order valence-corrected chi connectivity index (χ2v) is 18.2. The molecule has 4 N–H and O–H groups in total. The van der Waals surface area contributed by atoms with Gasteiger partial charge in [0.2, 0.25) is 0 Å². The van der Waals surface area contributed by atoms with Crippen molar-refractivity contribution in [3.05, 3.63) is 12.7 Å². The Morgan fingerprint density at radius 3 is 1.75 bits per heavy atom. The molecule has 2 aromatic rings. The van der Waals surface area contributed by atoms with Crippen LogP contribution in [0.2, 0.25) is 0 Å². The first-order valence-corrected chi connectivity index (χ1v) is 25.4. The summed E-state index contributed by atoms with van der Waals surface area (Å²) in [5.74, 6) is -0.781. The zero-order chi connectivity index (χ0) is 44.0. The molecule has 0 radical (unpaired) electrons. The van der Waals surface area contributed by atoms with E-state index in [1.807, 2.05) is 0 Å². The lowest BCUT2D eigenvalue weighted by molar-refractivity contribution is -0.161. The van der Waals surface area contributed by atoms with E-state index in [1.165, 1.54) is 133 Å². The van der Waals surface area contributed by atoms with Gasteiger partial charge in [0.1, 0.15) is 24.6 Å². The summed E-state index contributed by atoms with van der Waals surface area (Å²) in [6.45, 7) is 3.24. The number of hydrogen-bond donors (Lipinski definition) is 3. The van der Waals surface area contributed by atoms with Gasteiger partial charge in [-0.15, -0.1) is 0 Å². The number of aliphatic hydroxyl groups is 1. The number of phosphoric ester groups is 1. The van der Waals surface area contributed by atoms with E-state index < -0.39 is 50.9 Å². The Bertz CT molecular complexity index is 1520. The lowest BCUT2D eigenvalue weighted by atomic mass is 10.0. The smallest absolute Gasteiger partial charge is 0.462 e. The predicted octanol–water partition coefficient (Wildman–Crippen LogP) is 10.6. The Morgan fingerprint density at radius 1 is 0.754 bits per heavy atom. The maximum atomic E-state index is 13.4. The van der Waals surface area contributed by atoms with Crippen molar-refractivity contribution in [1.29, 1.82) is 0 Å². The maximum absolute atomic E-state index is 13.4. The molecular weight excluding hydrogens is 801 g/mol. The highest BCUT2D eigenvalue weighted by Gasteiger charge is 2.43. The minimum Gasteiger partial charge on any atom is -0.462 e. The van der Waals surface area contributed by atoms with Crippen LogP contribution in [0.15, 0.2) is 12.7 Å². The van der Waals surface area contributed by atoms with Crippen LogP contribution in [0.3, 0.4) is 0 Å². The standard InChI is InChI=1S/C45H80N5O10P/c1-3-5-7-9-11-13-15-17-19-21-23-25-27-29-40(52)56-33-38(58-41(53)30-28-26-24-22-20-18-16-14-12-10-8-6-4-2)34-57-61(54,55)60-39-31-37(32-51)59-45(39)50-36-49-42-43(46)47-35-48-44(42)50/h35-39,45,51H,3-34H2,1-2H3,(H,54,55)(H2,46,47,48)/t37-,38+,39+,45+/m0/s1. The Kier molecular flexibility index (Phi) is 27.7. The van der Waals surface area contributed by atoms with Crippen LogP contribution >= 0.6 is 7.82 Å². The molecule has 0 bridgehead atoms. The van der Waals surface area contributed by atoms with E-state index in [0.29, 0.717) is 24.0 Å². The van der Waals surface area contributed by atoms with Crippen LogP contribution in [0.1, 0.15) is 206 Å². The summed E-state index contributed by atoms with van der Waals surface area (Å²) < 4.78 is 42.9. The van der Waals surface area contributed by atoms with Gasteiger partial charge in [0.15, 0.2) is 23.8 Å². The van der Waals surface area contributed by atoms with Gasteiger partial charge in [0.25, 0.3) is 0 Å². The predicted molar refractivity (Wildman–Crippen MR) is 237 cm³/mol. The van der Waals surface area contributed by atoms with Crippen LogP contribution in [0.4, 0.5) is 5.82 Å². The molecule has 1 saturated heterocycles. The van der Waals surface area contributed by atoms with Crippen molar-refractivity contribution in [2.75, 3.05) is 25.6 Å². The van der Waals surface area contributed by atoms with Gasteiger partial charge in [0, 0.05) is 19.3 Å². The summed E-state index contributed by atoms with van der Waals surface area (Å²) in [7, 11) is -4.81. The van der Waals surface area contributed by atoms with Gasteiger partial charge < -0.3 is 29.9 Å². The number of nitrogens with zero attached hydrogens (tertiary/aromatic N) is 4. The number of nitrogens with two attached hydrogens (primary N) is 1. The van der Waals surface area contributed by atoms with Crippen LogP contribution in [0.5, 0.6) is 0 Å². The van der Waals surface area contributed by atoms with Crippen LogP contribution < -0.4 is 5.73 Å². The molecule has 0 spiro atoms. The van der Waals surface area contributed by atoms with E-state index in [4.69, 9.17) is 29.0 Å². The molecule has 61 heavy (non-hydrogen) atoms. The largest absolute Gasteiger partial charge is 0.472 e. The van der Waals surface area contributed by atoms with Gasteiger partial charge in [0.05, 0.1) is 25.6 Å². The number of unbranched alkanes of at least 4 members (excludes halogenated alkanes) is 24. The molecule has 3 heterocycles. The van der Waals surface area contributed by atoms with Gasteiger partial charge in [-0.3, -0.25) is 23.2 Å². The Morgan fingerprint density at radius 2 is 1.25 bits per heavy atom. The average Bonchev–Trinajstić information content (AvgIpc) is 3.86. The fraction of sp³-hybridized carbons (Fsp3) is 0.844.